The lowest BCUT2D eigenvalue weighted by atomic mass is 10.1. The van der Waals surface area contributed by atoms with Crippen molar-refractivity contribution in [3.8, 4) is 0 Å². The summed E-state index contributed by atoms with van der Waals surface area (Å²) in [5, 5.41) is 2.56. The first-order chi connectivity index (χ1) is 13.9. The van der Waals surface area contributed by atoms with Gasteiger partial charge in [-0.25, -0.2) is 8.42 Å². The molecule has 1 heterocycles. The van der Waals surface area contributed by atoms with E-state index in [9.17, 15) is 13.2 Å². The minimum atomic E-state index is -3.62. The zero-order valence-electron chi connectivity index (χ0n) is 16.8. The van der Waals surface area contributed by atoms with Crippen molar-refractivity contribution in [3.63, 3.8) is 0 Å². The van der Waals surface area contributed by atoms with Crippen LogP contribution in [-0.2, 0) is 10.0 Å². The van der Waals surface area contributed by atoms with Crippen LogP contribution in [0.5, 0.6) is 0 Å². The predicted molar refractivity (Wildman–Crippen MR) is 115 cm³/mol. The number of carbonyl (C=O) groups excluding carboxylic acids is 1. The van der Waals surface area contributed by atoms with Crippen molar-refractivity contribution < 1.29 is 13.2 Å². The van der Waals surface area contributed by atoms with E-state index in [1.807, 2.05) is 18.2 Å². The first kappa shape index (κ1) is 21.2. The average Bonchev–Trinajstić information content (AvgIpc) is 2.74. The van der Waals surface area contributed by atoms with Gasteiger partial charge in [0.25, 0.3) is 5.91 Å². The largest absolute Gasteiger partial charge is 0.355 e. The summed E-state index contributed by atoms with van der Waals surface area (Å²) in [6.07, 6.45) is 4.19. The highest BCUT2D eigenvalue weighted by molar-refractivity contribution is 7.89. The highest BCUT2D eigenvalue weighted by Gasteiger charge is 2.29. The molecule has 1 N–H and O–H groups in total. The van der Waals surface area contributed by atoms with Crippen LogP contribution in [0, 0.1) is 6.92 Å². The molecule has 0 aromatic heterocycles. The molecule has 6 nitrogen and oxygen atoms in total. The van der Waals surface area contributed by atoms with Crippen molar-refractivity contribution in [1.82, 2.24) is 14.5 Å². The van der Waals surface area contributed by atoms with Gasteiger partial charge in [-0.05, 0) is 30.2 Å². The molecule has 1 amide bonds. The van der Waals surface area contributed by atoms with E-state index in [1.165, 1.54) is 17.4 Å². The summed E-state index contributed by atoms with van der Waals surface area (Å²) in [4.78, 5) is 14.4. The smallest absolute Gasteiger partial charge is 0.251 e. The summed E-state index contributed by atoms with van der Waals surface area (Å²) in [7, 11) is -2.09. The van der Waals surface area contributed by atoms with Crippen molar-refractivity contribution in [2.45, 2.75) is 11.8 Å². The van der Waals surface area contributed by atoms with Crippen LogP contribution in [0.25, 0.3) is 6.08 Å². The number of amides is 1. The van der Waals surface area contributed by atoms with Gasteiger partial charge in [-0.1, -0.05) is 48.6 Å². The second-order valence-electron chi connectivity index (χ2n) is 7.07. The minimum absolute atomic E-state index is 0.166. The molecule has 0 aliphatic carbocycles. The fourth-order valence-electron chi connectivity index (χ4n) is 3.34. The van der Waals surface area contributed by atoms with Gasteiger partial charge in [0.15, 0.2) is 0 Å². The molecule has 0 radical (unpaired) electrons. The van der Waals surface area contributed by atoms with E-state index in [4.69, 9.17) is 0 Å². The zero-order valence-corrected chi connectivity index (χ0v) is 17.7. The summed E-state index contributed by atoms with van der Waals surface area (Å²) in [6.45, 7) is 4.80. The third kappa shape index (κ3) is 5.12. The number of piperazine rings is 1. The van der Waals surface area contributed by atoms with E-state index >= 15 is 0 Å². The number of nitrogens with one attached hydrogen (secondary N) is 1. The first-order valence-electron chi connectivity index (χ1n) is 9.68. The molecule has 1 fully saturated rings. The Morgan fingerprint density at radius 3 is 2.41 bits per heavy atom. The molecule has 0 saturated carbocycles. The molecule has 2 aromatic rings. The quantitative estimate of drug-likeness (QED) is 0.789. The van der Waals surface area contributed by atoms with E-state index in [1.54, 1.807) is 19.1 Å². The maximum absolute atomic E-state index is 13.0. The van der Waals surface area contributed by atoms with Gasteiger partial charge in [-0.2, -0.15) is 4.31 Å². The molecule has 2 aromatic carbocycles. The summed E-state index contributed by atoms with van der Waals surface area (Å²) < 4.78 is 27.6. The van der Waals surface area contributed by atoms with Crippen LogP contribution >= 0.6 is 0 Å². The van der Waals surface area contributed by atoms with Gasteiger partial charge in [0.1, 0.15) is 0 Å². The molecule has 0 spiro atoms. The van der Waals surface area contributed by atoms with Crippen LogP contribution in [0.3, 0.4) is 0 Å². The van der Waals surface area contributed by atoms with Crippen molar-refractivity contribution in [2.24, 2.45) is 0 Å². The lowest BCUT2D eigenvalue weighted by Crippen LogP contribution is -2.48. The van der Waals surface area contributed by atoms with Crippen LogP contribution in [0.2, 0.25) is 0 Å². The third-order valence-electron chi connectivity index (χ3n) is 5.12. The summed E-state index contributed by atoms with van der Waals surface area (Å²) in [5.41, 5.74) is 2.29. The summed E-state index contributed by atoms with van der Waals surface area (Å²) >= 11 is 0. The molecular formula is C22H27N3O3S. The van der Waals surface area contributed by atoms with Crippen LogP contribution in [0.1, 0.15) is 21.5 Å². The van der Waals surface area contributed by atoms with Gasteiger partial charge in [-0.3, -0.25) is 9.69 Å². The second kappa shape index (κ2) is 9.35. The normalized spacial score (nSPS) is 16.2. The van der Waals surface area contributed by atoms with Crippen molar-refractivity contribution in [1.29, 1.82) is 0 Å². The molecule has 1 aliphatic heterocycles. The van der Waals surface area contributed by atoms with Gasteiger partial charge in [0, 0.05) is 45.3 Å². The molecule has 0 bridgehead atoms. The van der Waals surface area contributed by atoms with E-state index in [-0.39, 0.29) is 10.8 Å². The van der Waals surface area contributed by atoms with Gasteiger partial charge in [0.05, 0.1) is 4.90 Å². The molecule has 1 aliphatic rings. The first-order valence-corrected chi connectivity index (χ1v) is 11.1. The number of nitrogens with zero attached hydrogens (tertiary/aromatic N) is 2. The van der Waals surface area contributed by atoms with Crippen LogP contribution in [0.15, 0.2) is 59.5 Å². The van der Waals surface area contributed by atoms with Crippen molar-refractivity contribution >= 4 is 22.0 Å². The fourth-order valence-corrected chi connectivity index (χ4v) is 4.79. The Morgan fingerprint density at radius 1 is 1.07 bits per heavy atom. The zero-order chi connectivity index (χ0) is 20.9. The Bertz CT molecular complexity index is 980. The van der Waals surface area contributed by atoms with Crippen LogP contribution < -0.4 is 5.32 Å². The van der Waals surface area contributed by atoms with Gasteiger partial charge >= 0.3 is 0 Å². The number of aryl methyl sites for hydroxylation is 1. The average molecular weight is 414 g/mol. The molecule has 0 atom stereocenters. The maximum Gasteiger partial charge on any atom is 0.251 e. The number of hydrogen-bond acceptors (Lipinski definition) is 4. The number of carbonyl (C=O) groups is 1. The SMILES string of the molecule is CNC(=O)c1cc(S(=O)(=O)N2CCN(C/C=C/c3ccccc3)CC2)ccc1C. The number of sulfonamides is 1. The van der Waals surface area contributed by atoms with E-state index < -0.39 is 10.0 Å². The number of benzene rings is 2. The number of hydrogen-bond donors (Lipinski definition) is 1. The Labute approximate surface area is 172 Å². The van der Waals surface area contributed by atoms with Crippen molar-refractivity contribution in [3.05, 3.63) is 71.3 Å². The molecule has 7 heteroatoms. The fraction of sp³-hybridized carbons (Fsp3) is 0.318. The highest BCUT2D eigenvalue weighted by Crippen LogP contribution is 2.21. The Morgan fingerprint density at radius 2 is 1.76 bits per heavy atom. The summed E-state index contributed by atoms with van der Waals surface area (Å²) in [6, 6.07) is 14.8. The van der Waals surface area contributed by atoms with Crippen LogP contribution in [0.4, 0.5) is 0 Å². The van der Waals surface area contributed by atoms with E-state index in [0.29, 0.717) is 31.7 Å². The number of rotatable bonds is 6. The lowest BCUT2D eigenvalue weighted by Gasteiger charge is -2.33. The molecule has 1 saturated heterocycles. The Balaban J connectivity index is 1.62. The molecule has 154 valence electrons. The molecule has 29 heavy (non-hydrogen) atoms. The third-order valence-corrected chi connectivity index (χ3v) is 7.02. The highest BCUT2D eigenvalue weighted by atomic mass is 32.2. The molecular weight excluding hydrogens is 386 g/mol. The lowest BCUT2D eigenvalue weighted by molar-refractivity contribution is 0.0962. The predicted octanol–water partition coefficient (Wildman–Crippen LogP) is 2.37. The van der Waals surface area contributed by atoms with Gasteiger partial charge in [-0.15, -0.1) is 0 Å². The maximum atomic E-state index is 13.0. The van der Waals surface area contributed by atoms with E-state index in [2.05, 4.69) is 34.5 Å². The Hall–Kier alpha value is -2.48. The van der Waals surface area contributed by atoms with Gasteiger partial charge in [0.2, 0.25) is 10.0 Å². The van der Waals surface area contributed by atoms with Gasteiger partial charge < -0.3 is 5.32 Å². The molecule has 3 rings (SSSR count). The van der Waals surface area contributed by atoms with Crippen molar-refractivity contribution in [2.75, 3.05) is 39.8 Å². The topological polar surface area (TPSA) is 69.7 Å². The minimum Gasteiger partial charge on any atom is -0.355 e. The monoisotopic (exact) mass is 413 g/mol. The molecule has 0 unspecified atom stereocenters. The standard InChI is InChI=1S/C22H27N3O3S/c1-18-10-11-20(17-21(18)22(26)23-2)29(27,28)25-15-13-24(14-16-25)12-6-9-19-7-4-3-5-8-19/h3-11,17H,12-16H2,1-2H3,(H,23,26)/b9-6+. The second-order valence-corrected chi connectivity index (χ2v) is 9.01. The Kier molecular flexibility index (Phi) is 6.84. The van der Waals surface area contributed by atoms with E-state index in [0.717, 1.165) is 17.7 Å². The summed E-state index contributed by atoms with van der Waals surface area (Å²) in [5.74, 6) is -0.283. The van der Waals surface area contributed by atoms with Crippen LogP contribution in [-0.4, -0.2) is 63.3 Å².